The molecule has 1 saturated heterocycles. The summed E-state index contributed by atoms with van der Waals surface area (Å²) in [7, 11) is 0. The number of H-pyrrole nitrogens is 1. The van der Waals surface area contributed by atoms with Gasteiger partial charge in [-0.25, -0.2) is 14.2 Å². The molecule has 0 aliphatic carbocycles. The van der Waals surface area contributed by atoms with Crippen LogP contribution in [0.4, 0.5) is 9.18 Å². The van der Waals surface area contributed by atoms with Gasteiger partial charge < -0.3 is 10.1 Å². The number of halogens is 1. The smallest absolute Gasteiger partial charge is 0.322 e. The van der Waals surface area contributed by atoms with Crippen LogP contribution in [0.1, 0.15) is 50.3 Å². The first kappa shape index (κ1) is 23.3. The third-order valence-electron chi connectivity index (χ3n) is 5.62. The van der Waals surface area contributed by atoms with Gasteiger partial charge in [0.1, 0.15) is 18.0 Å². The van der Waals surface area contributed by atoms with Crippen LogP contribution in [0.2, 0.25) is 0 Å². The number of aliphatic imine (C=N–C) groups is 1. The highest BCUT2D eigenvalue weighted by atomic mass is 19.1. The van der Waals surface area contributed by atoms with Crippen LogP contribution in [0.3, 0.4) is 0 Å². The number of benzene rings is 1. The molecule has 1 fully saturated rings. The summed E-state index contributed by atoms with van der Waals surface area (Å²) in [5, 5.41) is 11.4. The highest BCUT2D eigenvalue weighted by molar-refractivity contribution is 6.08. The van der Waals surface area contributed by atoms with Crippen molar-refractivity contribution >= 4 is 29.3 Å². The van der Waals surface area contributed by atoms with Gasteiger partial charge in [-0.2, -0.15) is 5.10 Å². The second-order valence-electron chi connectivity index (χ2n) is 9.32. The molecule has 9 nitrogen and oxygen atoms in total. The van der Waals surface area contributed by atoms with Crippen molar-refractivity contribution in [1.82, 2.24) is 20.8 Å². The molecule has 0 saturated carbocycles. The number of nitrogens with zero attached hydrogens (tertiary/aromatic N) is 2. The highest BCUT2D eigenvalue weighted by Gasteiger charge is 2.32. The minimum atomic E-state index is -0.736. The number of ether oxygens (including phenoxy) is 1. The predicted molar refractivity (Wildman–Crippen MR) is 122 cm³/mol. The minimum absolute atomic E-state index is 0.233. The first-order valence-corrected chi connectivity index (χ1v) is 11.0. The van der Waals surface area contributed by atoms with Gasteiger partial charge in [-0.05, 0) is 51.3 Å². The van der Waals surface area contributed by atoms with E-state index in [-0.39, 0.29) is 11.5 Å². The molecule has 4 rings (SSSR count). The van der Waals surface area contributed by atoms with Crippen molar-refractivity contribution in [2.24, 2.45) is 10.4 Å². The van der Waals surface area contributed by atoms with Crippen LogP contribution in [0.5, 0.6) is 0 Å². The molecule has 0 spiro atoms. The van der Waals surface area contributed by atoms with E-state index in [2.05, 4.69) is 25.8 Å². The van der Waals surface area contributed by atoms with Crippen LogP contribution in [-0.2, 0) is 20.7 Å². The maximum absolute atomic E-state index is 15.3. The lowest BCUT2D eigenvalue weighted by Gasteiger charge is -2.26. The van der Waals surface area contributed by atoms with Crippen molar-refractivity contribution in [1.29, 1.82) is 0 Å². The van der Waals surface area contributed by atoms with Crippen LogP contribution >= 0.6 is 0 Å². The standard InChI is InChI=1S/C24H26FN5O4/c1-24(2,3)22(32)34-19-9-8-17(14-11-26-27-12-14)28-20(19)15-6-4-13(10-16(15)25)5-7-18-21(31)30-23(33)29-18/h4,6,8,10-12,18-19H,5,7,9H2,1-3H3,(H,26,27)(H2,29,30,31,33). The Balaban J connectivity index is 1.58. The molecule has 2 aliphatic rings. The van der Waals surface area contributed by atoms with E-state index in [9.17, 15) is 14.4 Å². The third kappa shape index (κ3) is 5.05. The summed E-state index contributed by atoms with van der Waals surface area (Å²) < 4.78 is 21.0. The lowest BCUT2D eigenvalue weighted by molar-refractivity contribution is -0.155. The second-order valence-corrected chi connectivity index (χ2v) is 9.32. The van der Waals surface area contributed by atoms with Crippen LogP contribution in [0, 0.1) is 11.2 Å². The van der Waals surface area contributed by atoms with Gasteiger partial charge in [0.05, 0.1) is 23.0 Å². The summed E-state index contributed by atoms with van der Waals surface area (Å²) >= 11 is 0. The van der Waals surface area contributed by atoms with E-state index in [1.807, 2.05) is 6.08 Å². The molecule has 2 unspecified atom stereocenters. The van der Waals surface area contributed by atoms with Gasteiger partial charge in [-0.15, -0.1) is 0 Å². The minimum Gasteiger partial charge on any atom is -0.455 e. The number of hydrogen-bond donors (Lipinski definition) is 3. The van der Waals surface area contributed by atoms with E-state index in [1.165, 1.54) is 6.07 Å². The van der Waals surface area contributed by atoms with Crippen LogP contribution < -0.4 is 10.6 Å². The highest BCUT2D eigenvalue weighted by Crippen LogP contribution is 2.28. The largest absolute Gasteiger partial charge is 0.455 e. The number of aryl methyl sites for hydroxylation is 1. The zero-order valence-electron chi connectivity index (χ0n) is 19.1. The van der Waals surface area contributed by atoms with Gasteiger partial charge in [0.15, 0.2) is 0 Å². The SMILES string of the molecule is CC(C)(C)C(=O)OC1CC=C(c2cn[nH]c2)N=C1c1ccc(CCC2NC(=O)NC2=O)cc1F. The van der Waals surface area contributed by atoms with Gasteiger partial charge in [-0.1, -0.05) is 12.1 Å². The average Bonchev–Trinajstić information content (AvgIpc) is 3.41. The molecule has 0 bridgehead atoms. The Kier molecular flexibility index (Phi) is 6.32. The maximum Gasteiger partial charge on any atom is 0.322 e. The molecule has 3 amide bonds. The summed E-state index contributed by atoms with van der Waals surface area (Å²) in [6, 6.07) is 3.57. The molecule has 0 radical (unpaired) electrons. The molecule has 34 heavy (non-hydrogen) atoms. The Morgan fingerprint density at radius 2 is 2.06 bits per heavy atom. The van der Waals surface area contributed by atoms with Crippen molar-refractivity contribution in [3.63, 3.8) is 0 Å². The monoisotopic (exact) mass is 467 g/mol. The number of aromatic nitrogens is 2. The fourth-order valence-corrected chi connectivity index (χ4v) is 3.69. The van der Waals surface area contributed by atoms with Crippen LogP contribution in [0.15, 0.2) is 41.7 Å². The fraction of sp³-hybridized carbons (Fsp3) is 0.375. The zero-order chi connectivity index (χ0) is 24.5. The molecule has 3 heterocycles. The molecule has 1 aromatic carbocycles. The molecule has 2 aliphatic heterocycles. The lowest BCUT2D eigenvalue weighted by Crippen LogP contribution is -2.35. The predicted octanol–water partition coefficient (Wildman–Crippen LogP) is 2.88. The number of urea groups is 1. The molecule has 2 atom stereocenters. The number of nitrogens with one attached hydrogen (secondary N) is 3. The summed E-state index contributed by atoms with van der Waals surface area (Å²) in [5.41, 5.74) is 1.86. The second kappa shape index (κ2) is 9.20. The van der Waals surface area contributed by atoms with E-state index in [0.29, 0.717) is 36.2 Å². The van der Waals surface area contributed by atoms with Crippen molar-refractivity contribution in [3.8, 4) is 0 Å². The van der Waals surface area contributed by atoms with Gasteiger partial charge in [0.25, 0.3) is 5.91 Å². The molecular formula is C24H26FN5O4. The Morgan fingerprint density at radius 1 is 1.26 bits per heavy atom. The van der Waals surface area contributed by atoms with Crippen LogP contribution in [-0.4, -0.2) is 46.0 Å². The number of carbonyl (C=O) groups is 3. The van der Waals surface area contributed by atoms with E-state index < -0.39 is 35.4 Å². The number of rotatable bonds is 6. The van der Waals surface area contributed by atoms with E-state index >= 15 is 4.39 Å². The third-order valence-corrected chi connectivity index (χ3v) is 5.62. The summed E-state index contributed by atoms with van der Waals surface area (Å²) in [5.74, 6) is -1.30. The van der Waals surface area contributed by atoms with Gasteiger partial charge in [0, 0.05) is 23.7 Å². The number of amides is 3. The molecule has 1 aromatic heterocycles. The van der Waals surface area contributed by atoms with E-state index in [0.717, 1.165) is 5.56 Å². The van der Waals surface area contributed by atoms with Crippen molar-refractivity contribution in [2.75, 3.05) is 0 Å². The van der Waals surface area contributed by atoms with E-state index in [4.69, 9.17) is 4.74 Å². The van der Waals surface area contributed by atoms with Gasteiger partial charge >= 0.3 is 12.0 Å². The van der Waals surface area contributed by atoms with Gasteiger partial charge in [-0.3, -0.25) is 20.0 Å². The van der Waals surface area contributed by atoms with E-state index in [1.54, 1.807) is 45.3 Å². The summed E-state index contributed by atoms with van der Waals surface area (Å²) in [6.45, 7) is 5.26. The number of esters is 1. The molecule has 10 heteroatoms. The Hall–Kier alpha value is -3.82. The number of imide groups is 1. The number of carbonyl (C=O) groups excluding carboxylic acids is 3. The van der Waals surface area contributed by atoms with Crippen molar-refractivity contribution < 1.29 is 23.5 Å². The number of aromatic amines is 1. The fourth-order valence-electron chi connectivity index (χ4n) is 3.69. The topological polar surface area (TPSA) is 126 Å². The first-order valence-electron chi connectivity index (χ1n) is 11.0. The number of hydrogen-bond acceptors (Lipinski definition) is 6. The molecular weight excluding hydrogens is 441 g/mol. The average molecular weight is 468 g/mol. The Morgan fingerprint density at radius 3 is 2.68 bits per heavy atom. The summed E-state index contributed by atoms with van der Waals surface area (Å²) in [4.78, 5) is 40.2. The van der Waals surface area contributed by atoms with Crippen molar-refractivity contribution in [2.45, 2.75) is 52.2 Å². The quantitative estimate of drug-likeness (QED) is 0.445. The van der Waals surface area contributed by atoms with Crippen molar-refractivity contribution in [3.05, 3.63) is 59.2 Å². The molecule has 2 aromatic rings. The maximum atomic E-state index is 15.3. The Labute approximate surface area is 195 Å². The summed E-state index contributed by atoms with van der Waals surface area (Å²) in [6.07, 6.45) is 5.49. The molecule has 3 N–H and O–H groups in total. The Bertz CT molecular complexity index is 1180. The lowest BCUT2D eigenvalue weighted by atomic mass is 9.94. The molecule has 178 valence electrons. The first-order chi connectivity index (χ1) is 16.1. The van der Waals surface area contributed by atoms with Crippen LogP contribution in [0.25, 0.3) is 5.70 Å². The zero-order valence-corrected chi connectivity index (χ0v) is 19.1. The van der Waals surface area contributed by atoms with Gasteiger partial charge in [0.2, 0.25) is 0 Å². The normalized spacial score (nSPS) is 20.4.